The van der Waals surface area contributed by atoms with Gasteiger partial charge in [0, 0.05) is 52.5 Å². The minimum atomic E-state index is 0.0579. The lowest BCUT2D eigenvalue weighted by Crippen LogP contribution is -2.37. The van der Waals surface area contributed by atoms with Gasteiger partial charge < -0.3 is 15.0 Å². The molecule has 0 aromatic rings. The largest absolute Gasteiger partial charge is 0.488 e. The first-order valence-electron chi connectivity index (χ1n) is 17.7. The van der Waals surface area contributed by atoms with Crippen LogP contribution in [0.1, 0.15) is 58.3 Å². The van der Waals surface area contributed by atoms with Crippen LogP contribution < -0.4 is 5.32 Å². The highest BCUT2D eigenvalue weighted by atomic mass is 16.5. The van der Waals surface area contributed by atoms with Crippen molar-refractivity contribution >= 4 is 0 Å². The fourth-order valence-electron chi connectivity index (χ4n) is 9.81. The topological polar surface area (TPSA) is 24.5 Å². The summed E-state index contributed by atoms with van der Waals surface area (Å²) in [5.74, 6) is 4.42. The van der Waals surface area contributed by atoms with E-state index in [2.05, 4.69) is 114 Å². The third-order valence-corrected chi connectivity index (χ3v) is 12.1. The molecule has 0 aromatic heterocycles. The molecule has 6 aliphatic carbocycles. The van der Waals surface area contributed by atoms with Gasteiger partial charge in [-0.2, -0.15) is 0 Å². The van der Waals surface area contributed by atoms with Gasteiger partial charge in [-0.15, -0.1) is 0 Å². The number of nitrogens with one attached hydrogen (secondary N) is 1. The van der Waals surface area contributed by atoms with Crippen LogP contribution in [0.3, 0.4) is 0 Å². The van der Waals surface area contributed by atoms with Crippen LogP contribution in [-0.4, -0.2) is 23.6 Å². The smallest absolute Gasteiger partial charge is 0.136 e. The zero-order chi connectivity index (χ0) is 29.9. The van der Waals surface area contributed by atoms with Crippen molar-refractivity contribution in [3.05, 3.63) is 142 Å². The average Bonchev–Trinajstić information content (AvgIpc) is 3.65. The van der Waals surface area contributed by atoms with Gasteiger partial charge in [-0.25, -0.2) is 0 Å². The minimum Gasteiger partial charge on any atom is -0.488 e. The zero-order valence-corrected chi connectivity index (χ0v) is 26.6. The average molecular weight is 595 g/mol. The second-order valence-electron chi connectivity index (χ2n) is 14.6. The molecule has 1 N–H and O–H groups in total. The molecule has 0 spiro atoms. The molecule has 0 radical (unpaired) electrons. The van der Waals surface area contributed by atoms with Crippen molar-refractivity contribution in [2.45, 2.75) is 70.4 Å². The van der Waals surface area contributed by atoms with Crippen molar-refractivity contribution in [3.8, 4) is 0 Å². The van der Waals surface area contributed by atoms with E-state index in [1.165, 1.54) is 59.7 Å². The predicted molar refractivity (Wildman–Crippen MR) is 183 cm³/mol. The molecular formula is C42H46N2O. The summed E-state index contributed by atoms with van der Waals surface area (Å²) >= 11 is 0. The first-order valence-corrected chi connectivity index (χ1v) is 17.7. The second-order valence-corrected chi connectivity index (χ2v) is 14.6. The number of hydrogen-bond acceptors (Lipinski definition) is 3. The van der Waals surface area contributed by atoms with Crippen molar-refractivity contribution in [2.24, 2.45) is 35.5 Å². The number of fused-ring (bicyclic) bond motifs is 6. The Labute approximate surface area is 269 Å². The van der Waals surface area contributed by atoms with E-state index in [9.17, 15) is 0 Å². The summed E-state index contributed by atoms with van der Waals surface area (Å²) in [4.78, 5) is 2.65. The molecule has 9 rings (SSSR count). The predicted octanol–water partition coefficient (Wildman–Crippen LogP) is 9.06. The van der Waals surface area contributed by atoms with Crippen molar-refractivity contribution in [1.82, 2.24) is 10.2 Å². The number of ether oxygens (including phenoxy) is 1. The molecule has 230 valence electrons. The molecule has 0 aromatic carbocycles. The lowest BCUT2D eigenvalue weighted by Gasteiger charge is -2.38. The van der Waals surface area contributed by atoms with E-state index in [4.69, 9.17) is 4.74 Å². The highest BCUT2D eigenvalue weighted by molar-refractivity contribution is 5.52. The van der Waals surface area contributed by atoms with Crippen LogP contribution in [0.2, 0.25) is 0 Å². The SMILES string of the molecule is CC1CCC(C2=CC=CCC2)=CC1[C@H]1CC=C(C2=CC=CC3C4=C(OC23)C2C3CC=CC=C3N(C3=CC=CCC3)C2C=C4)NC1. The maximum Gasteiger partial charge on any atom is 0.136 e. The van der Waals surface area contributed by atoms with Gasteiger partial charge in [0.1, 0.15) is 11.9 Å². The molecule has 0 amide bonds. The Bertz CT molecular complexity index is 1650. The third-order valence-electron chi connectivity index (χ3n) is 12.1. The van der Waals surface area contributed by atoms with Crippen LogP contribution in [0, 0.1) is 35.5 Å². The number of nitrogens with zero attached hydrogens (tertiary/aromatic N) is 1. The van der Waals surface area contributed by atoms with Gasteiger partial charge in [-0.05, 0) is 92.4 Å². The maximum absolute atomic E-state index is 7.17. The van der Waals surface area contributed by atoms with Crippen LogP contribution in [0.15, 0.2) is 142 Å². The highest BCUT2D eigenvalue weighted by Gasteiger charge is 2.53. The Kier molecular flexibility index (Phi) is 6.90. The highest BCUT2D eigenvalue weighted by Crippen LogP contribution is 2.56. The molecule has 0 saturated carbocycles. The van der Waals surface area contributed by atoms with Crippen LogP contribution in [-0.2, 0) is 4.74 Å². The van der Waals surface area contributed by atoms with Gasteiger partial charge in [0.2, 0.25) is 0 Å². The van der Waals surface area contributed by atoms with E-state index in [0.717, 1.165) is 38.1 Å². The van der Waals surface area contributed by atoms with Gasteiger partial charge in [-0.3, -0.25) is 0 Å². The van der Waals surface area contributed by atoms with Gasteiger partial charge in [0.15, 0.2) is 0 Å². The van der Waals surface area contributed by atoms with E-state index >= 15 is 0 Å². The summed E-state index contributed by atoms with van der Waals surface area (Å²) in [6.07, 6.45) is 47.3. The molecule has 1 saturated heterocycles. The number of likely N-dealkylation sites (tertiary alicyclic amines) is 1. The molecule has 1 fully saturated rings. The fraction of sp³-hybridized carbons (Fsp3) is 0.429. The Balaban J connectivity index is 0.952. The minimum absolute atomic E-state index is 0.0579. The van der Waals surface area contributed by atoms with E-state index in [1.54, 1.807) is 11.1 Å². The van der Waals surface area contributed by atoms with Crippen molar-refractivity contribution in [2.75, 3.05) is 6.54 Å². The van der Waals surface area contributed by atoms with Gasteiger partial charge in [-0.1, -0.05) is 92.0 Å². The summed E-state index contributed by atoms with van der Waals surface area (Å²) < 4.78 is 7.17. The fourth-order valence-corrected chi connectivity index (χ4v) is 9.81. The van der Waals surface area contributed by atoms with Crippen LogP contribution in [0.25, 0.3) is 0 Å². The van der Waals surface area contributed by atoms with Crippen molar-refractivity contribution in [1.29, 1.82) is 0 Å². The van der Waals surface area contributed by atoms with Crippen LogP contribution >= 0.6 is 0 Å². The maximum atomic E-state index is 7.17. The van der Waals surface area contributed by atoms with E-state index in [0.29, 0.717) is 29.7 Å². The summed E-state index contributed by atoms with van der Waals surface area (Å²) in [6.45, 7) is 3.52. The molecule has 0 bridgehead atoms. The zero-order valence-electron chi connectivity index (χ0n) is 26.6. The molecule has 3 heterocycles. The standard InChI is InChI=1S/C42H46N2O/c1-27-19-20-29(28-11-4-2-5-12-28)25-36(27)30-21-23-37(43-26-30)34-17-10-16-32-33-22-24-39-40(42(33)45-41(32)34)35-15-8-9-18-38(35)44(39)31-13-6-3-7-14-31/h2-4,6,8-11,13,16-18,22-25,27,30,32,35-36,39-41,43H,5,7,12,14-15,19-21,26H2,1H3/t27?,30-,32?,35?,36?,39?,40?,41?/m0/s1. The lowest BCUT2D eigenvalue weighted by atomic mass is 9.71. The Morgan fingerprint density at radius 3 is 2.58 bits per heavy atom. The molecular weight excluding hydrogens is 548 g/mol. The molecule has 45 heavy (non-hydrogen) atoms. The van der Waals surface area contributed by atoms with E-state index < -0.39 is 0 Å². The third kappa shape index (κ3) is 4.60. The molecule has 8 atom stereocenters. The van der Waals surface area contributed by atoms with Gasteiger partial charge >= 0.3 is 0 Å². The number of rotatable bonds is 4. The Morgan fingerprint density at radius 2 is 1.76 bits per heavy atom. The monoisotopic (exact) mass is 594 g/mol. The normalized spacial score (nSPS) is 37.7. The first kappa shape index (κ1) is 27.6. The summed E-state index contributed by atoms with van der Waals surface area (Å²) in [7, 11) is 0. The van der Waals surface area contributed by atoms with E-state index in [1.807, 2.05) is 0 Å². The molecule has 3 aliphatic heterocycles. The van der Waals surface area contributed by atoms with Gasteiger partial charge in [0.25, 0.3) is 0 Å². The first-order chi connectivity index (χ1) is 22.2. The number of allylic oxidation sites excluding steroid dienone is 18. The second kappa shape index (κ2) is 11.3. The number of hydrogen-bond donors (Lipinski definition) is 1. The summed E-state index contributed by atoms with van der Waals surface area (Å²) in [5, 5.41) is 3.93. The Hall–Kier alpha value is -3.72. The lowest BCUT2D eigenvalue weighted by molar-refractivity contribution is 0.118. The van der Waals surface area contributed by atoms with Crippen molar-refractivity contribution in [3.63, 3.8) is 0 Å². The van der Waals surface area contributed by atoms with Crippen LogP contribution in [0.4, 0.5) is 0 Å². The summed E-state index contributed by atoms with van der Waals surface area (Å²) in [6, 6.07) is 0.331. The van der Waals surface area contributed by atoms with Gasteiger partial charge in [0.05, 0.1) is 6.04 Å². The van der Waals surface area contributed by atoms with E-state index in [-0.39, 0.29) is 12.0 Å². The molecule has 9 aliphatic rings. The Morgan fingerprint density at radius 1 is 0.867 bits per heavy atom. The molecule has 7 unspecified atom stereocenters. The van der Waals surface area contributed by atoms with Crippen molar-refractivity contribution < 1.29 is 4.74 Å². The van der Waals surface area contributed by atoms with Crippen LogP contribution in [0.5, 0.6) is 0 Å². The summed E-state index contributed by atoms with van der Waals surface area (Å²) in [5.41, 5.74) is 10.2. The molecule has 3 nitrogen and oxygen atoms in total. The quantitative estimate of drug-likeness (QED) is 0.351. The molecule has 3 heteroatoms.